The summed E-state index contributed by atoms with van der Waals surface area (Å²) >= 11 is 0. The second-order valence-corrected chi connectivity index (χ2v) is 8.54. The largest absolute Gasteiger partial charge is 0.367 e. The molecule has 0 spiro atoms. The molecule has 1 aromatic carbocycles. The molecular weight excluding hydrogens is 355 g/mol. The number of rotatable bonds is 6. The fourth-order valence-electron chi connectivity index (χ4n) is 4.68. The van der Waals surface area contributed by atoms with E-state index in [2.05, 4.69) is 43.9 Å². The van der Waals surface area contributed by atoms with Crippen LogP contribution in [-0.4, -0.2) is 51.3 Å². The van der Waals surface area contributed by atoms with Gasteiger partial charge in [-0.2, -0.15) is 0 Å². The summed E-state index contributed by atoms with van der Waals surface area (Å²) in [6.45, 7) is 7.94. The molecule has 0 N–H and O–H groups in total. The van der Waals surface area contributed by atoms with Crippen molar-refractivity contribution in [1.29, 1.82) is 0 Å². The van der Waals surface area contributed by atoms with Gasteiger partial charge in [-0.05, 0) is 47.7 Å². The number of piperazine rings is 1. The van der Waals surface area contributed by atoms with E-state index in [1.807, 2.05) is 12.1 Å². The van der Waals surface area contributed by atoms with Gasteiger partial charge in [0, 0.05) is 26.2 Å². The lowest BCUT2D eigenvalue weighted by Crippen LogP contribution is -2.48. The van der Waals surface area contributed by atoms with Crippen molar-refractivity contribution in [2.24, 2.45) is 5.92 Å². The molecule has 0 amide bonds. The van der Waals surface area contributed by atoms with Gasteiger partial charge in [-0.1, -0.05) is 38.8 Å². The Morgan fingerprint density at radius 2 is 1.79 bits per heavy atom. The highest BCUT2D eigenvalue weighted by Crippen LogP contribution is 2.34. The first-order valence-corrected chi connectivity index (χ1v) is 10.6. The van der Waals surface area contributed by atoms with Gasteiger partial charge in [-0.15, -0.1) is 5.10 Å². The third-order valence-electron chi connectivity index (χ3n) is 6.13. The van der Waals surface area contributed by atoms with E-state index in [9.17, 15) is 4.39 Å². The molecule has 1 aromatic heterocycles. The highest BCUT2D eigenvalue weighted by molar-refractivity contribution is 5.48. The second-order valence-electron chi connectivity index (χ2n) is 8.54. The van der Waals surface area contributed by atoms with Crippen molar-refractivity contribution in [3.63, 3.8) is 0 Å². The third kappa shape index (κ3) is 4.04. The predicted octanol–water partition coefficient (Wildman–Crippen LogP) is 3.84. The van der Waals surface area contributed by atoms with Gasteiger partial charge in [-0.25, -0.2) is 9.07 Å². The maximum atomic E-state index is 14.2. The normalized spacial score (nSPS) is 20.2. The first kappa shape index (κ1) is 19.3. The lowest BCUT2D eigenvalue weighted by atomic mass is 10.0. The standard InChI is InChI=1S/C21H31FN6/c1-16(2)15-20(21-23-24-25-28(21)17-7-3-4-8-17)27-13-11-26(12-14-27)19-10-6-5-9-18(19)22/h5-6,9-10,16-17,20H,3-4,7-8,11-15H2,1-2H3/t20-/m0/s1. The Labute approximate surface area is 166 Å². The Kier molecular flexibility index (Phi) is 5.90. The number of anilines is 1. The molecular formula is C21H31FN6. The Morgan fingerprint density at radius 3 is 2.46 bits per heavy atom. The Morgan fingerprint density at radius 1 is 1.07 bits per heavy atom. The molecule has 1 saturated carbocycles. The molecule has 2 aromatic rings. The van der Waals surface area contributed by atoms with Gasteiger partial charge in [0.2, 0.25) is 0 Å². The van der Waals surface area contributed by atoms with Crippen LogP contribution < -0.4 is 4.90 Å². The quantitative estimate of drug-likeness (QED) is 0.755. The van der Waals surface area contributed by atoms with Crippen LogP contribution in [0.4, 0.5) is 10.1 Å². The van der Waals surface area contributed by atoms with Crippen molar-refractivity contribution in [2.45, 2.75) is 58.0 Å². The van der Waals surface area contributed by atoms with E-state index in [0.717, 1.165) is 38.4 Å². The topological polar surface area (TPSA) is 50.1 Å². The van der Waals surface area contributed by atoms with Crippen LogP contribution in [0.5, 0.6) is 0 Å². The number of aromatic nitrogens is 4. The summed E-state index contributed by atoms with van der Waals surface area (Å²) in [5.74, 6) is 1.43. The summed E-state index contributed by atoms with van der Waals surface area (Å²) in [6.07, 6.45) is 5.91. The van der Waals surface area contributed by atoms with Crippen molar-refractivity contribution in [2.75, 3.05) is 31.1 Å². The van der Waals surface area contributed by atoms with Crippen LogP contribution in [0.15, 0.2) is 24.3 Å². The van der Waals surface area contributed by atoms with Gasteiger partial charge in [0.25, 0.3) is 0 Å². The smallest absolute Gasteiger partial charge is 0.168 e. The van der Waals surface area contributed by atoms with E-state index in [4.69, 9.17) is 0 Å². The van der Waals surface area contributed by atoms with Gasteiger partial charge < -0.3 is 4.90 Å². The maximum absolute atomic E-state index is 14.2. The average molecular weight is 387 g/mol. The van der Waals surface area contributed by atoms with E-state index < -0.39 is 0 Å². The molecule has 1 aliphatic heterocycles. The van der Waals surface area contributed by atoms with Gasteiger partial charge >= 0.3 is 0 Å². The summed E-state index contributed by atoms with van der Waals surface area (Å²) in [5.41, 5.74) is 0.707. The van der Waals surface area contributed by atoms with E-state index in [1.54, 1.807) is 12.1 Å². The van der Waals surface area contributed by atoms with Gasteiger partial charge in [0.15, 0.2) is 5.82 Å². The fourth-order valence-corrected chi connectivity index (χ4v) is 4.68. The molecule has 0 unspecified atom stereocenters. The Balaban J connectivity index is 1.50. The molecule has 0 radical (unpaired) electrons. The van der Waals surface area contributed by atoms with E-state index in [-0.39, 0.29) is 11.9 Å². The van der Waals surface area contributed by atoms with Crippen LogP contribution in [0, 0.1) is 11.7 Å². The average Bonchev–Trinajstić information content (AvgIpc) is 3.38. The minimum absolute atomic E-state index is 0.139. The Hall–Kier alpha value is -2.02. The molecule has 2 fully saturated rings. The predicted molar refractivity (Wildman–Crippen MR) is 108 cm³/mol. The summed E-state index contributed by atoms with van der Waals surface area (Å²) in [6, 6.07) is 7.73. The molecule has 7 heteroatoms. The number of hydrogen-bond donors (Lipinski definition) is 0. The van der Waals surface area contributed by atoms with Crippen LogP contribution >= 0.6 is 0 Å². The SMILES string of the molecule is CC(C)C[C@@H](c1nnnn1C1CCCC1)N1CCN(c2ccccc2F)CC1. The van der Waals surface area contributed by atoms with Crippen molar-refractivity contribution < 1.29 is 4.39 Å². The third-order valence-corrected chi connectivity index (χ3v) is 6.13. The van der Waals surface area contributed by atoms with E-state index in [1.165, 1.54) is 25.7 Å². The Bertz CT molecular complexity index is 762. The number of para-hydroxylation sites is 1. The van der Waals surface area contributed by atoms with Crippen molar-refractivity contribution in [3.8, 4) is 0 Å². The van der Waals surface area contributed by atoms with Crippen molar-refractivity contribution in [1.82, 2.24) is 25.1 Å². The van der Waals surface area contributed by atoms with Gasteiger partial charge in [-0.3, -0.25) is 4.90 Å². The number of halogens is 1. The zero-order valence-electron chi connectivity index (χ0n) is 17.0. The maximum Gasteiger partial charge on any atom is 0.168 e. The molecule has 1 saturated heterocycles. The lowest BCUT2D eigenvalue weighted by molar-refractivity contribution is 0.150. The zero-order valence-corrected chi connectivity index (χ0v) is 17.0. The molecule has 1 atom stereocenters. The molecule has 28 heavy (non-hydrogen) atoms. The monoisotopic (exact) mass is 386 g/mol. The number of hydrogen-bond acceptors (Lipinski definition) is 5. The van der Waals surface area contributed by atoms with Crippen LogP contribution in [0.3, 0.4) is 0 Å². The van der Waals surface area contributed by atoms with Gasteiger partial charge in [0.05, 0.1) is 17.8 Å². The summed E-state index contributed by atoms with van der Waals surface area (Å²) in [7, 11) is 0. The number of benzene rings is 1. The van der Waals surface area contributed by atoms with Crippen LogP contribution in [-0.2, 0) is 0 Å². The molecule has 1 aliphatic carbocycles. The van der Waals surface area contributed by atoms with Crippen LogP contribution in [0.1, 0.15) is 63.9 Å². The molecule has 6 nitrogen and oxygen atoms in total. The molecule has 2 aliphatic rings. The van der Waals surface area contributed by atoms with Gasteiger partial charge in [0.1, 0.15) is 5.82 Å². The first-order valence-electron chi connectivity index (χ1n) is 10.6. The minimum Gasteiger partial charge on any atom is -0.367 e. The first-order chi connectivity index (χ1) is 13.6. The number of nitrogens with zero attached hydrogens (tertiary/aromatic N) is 6. The summed E-state index contributed by atoms with van der Waals surface area (Å²) in [5, 5.41) is 12.9. The summed E-state index contributed by atoms with van der Waals surface area (Å²) < 4.78 is 16.3. The highest BCUT2D eigenvalue weighted by atomic mass is 19.1. The fraction of sp³-hybridized carbons (Fsp3) is 0.667. The number of tetrazole rings is 1. The summed E-state index contributed by atoms with van der Waals surface area (Å²) in [4.78, 5) is 4.65. The highest BCUT2D eigenvalue weighted by Gasteiger charge is 2.32. The van der Waals surface area contributed by atoms with E-state index in [0.29, 0.717) is 17.6 Å². The van der Waals surface area contributed by atoms with Crippen molar-refractivity contribution >= 4 is 5.69 Å². The molecule has 0 bridgehead atoms. The van der Waals surface area contributed by atoms with Crippen LogP contribution in [0.25, 0.3) is 0 Å². The van der Waals surface area contributed by atoms with E-state index >= 15 is 0 Å². The molecule has 152 valence electrons. The van der Waals surface area contributed by atoms with Crippen molar-refractivity contribution in [3.05, 3.63) is 35.9 Å². The molecule has 2 heterocycles. The zero-order chi connectivity index (χ0) is 19.5. The second kappa shape index (κ2) is 8.55. The lowest BCUT2D eigenvalue weighted by Gasteiger charge is -2.40. The minimum atomic E-state index is -0.139. The van der Waals surface area contributed by atoms with Crippen LogP contribution in [0.2, 0.25) is 0 Å². The molecule has 4 rings (SSSR count).